The summed E-state index contributed by atoms with van der Waals surface area (Å²) in [5.41, 5.74) is 1.50. The zero-order chi connectivity index (χ0) is 13.2. The van der Waals surface area contributed by atoms with Gasteiger partial charge < -0.3 is 5.32 Å². The highest BCUT2D eigenvalue weighted by Gasteiger charge is 2.41. The van der Waals surface area contributed by atoms with E-state index < -0.39 is 0 Å². The van der Waals surface area contributed by atoms with Crippen LogP contribution in [0.15, 0.2) is 22.7 Å². The summed E-state index contributed by atoms with van der Waals surface area (Å²) >= 11 is 3.48. The molecule has 0 heterocycles. The van der Waals surface area contributed by atoms with E-state index in [0.717, 1.165) is 29.9 Å². The van der Waals surface area contributed by atoms with Gasteiger partial charge in [-0.15, -0.1) is 0 Å². The van der Waals surface area contributed by atoms with Crippen LogP contribution in [-0.2, 0) is 6.42 Å². The first-order valence-corrected chi connectivity index (χ1v) is 7.49. The highest BCUT2D eigenvalue weighted by atomic mass is 79.9. The van der Waals surface area contributed by atoms with Gasteiger partial charge in [0.2, 0.25) is 0 Å². The van der Waals surface area contributed by atoms with Crippen LogP contribution < -0.4 is 5.32 Å². The summed E-state index contributed by atoms with van der Waals surface area (Å²) in [6.45, 7) is 6.54. The SMILES string of the molecule is CCNCC(C)(Cc1ccc(F)cc1Br)C1CC1. The van der Waals surface area contributed by atoms with Gasteiger partial charge in [-0.05, 0) is 54.8 Å². The molecule has 1 N–H and O–H groups in total. The van der Waals surface area contributed by atoms with Gasteiger partial charge in [0.1, 0.15) is 5.82 Å². The Morgan fingerprint density at radius 2 is 2.17 bits per heavy atom. The van der Waals surface area contributed by atoms with E-state index in [9.17, 15) is 4.39 Å². The molecule has 1 aromatic rings. The van der Waals surface area contributed by atoms with Gasteiger partial charge in [-0.25, -0.2) is 4.39 Å². The van der Waals surface area contributed by atoms with Crippen molar-refractivity contribution in [3.63, 3.8) is 0 Å². The molecule has 0 spiro atoms. The van der Waals surface area contributed by atoms with E-state index in [2.05, 4.69) is 35.1 Å². The quantitative estimate of drug-likeness (QED) is 0.831. The Hall–Kier alpha value is -0.410. The monoisotopic (exact) mass is 313 g/mol. The predicted molar refractivity (Wildman–Crippen MR) is 77.2 cm³/mol. The van der Waals surface area contributed by atoms with Crippen molar-refractivity contribution >= 4 is 15.9 Å². The zero-order valence-electron chi connectivity index (χ0n) is 11.1. The molecule has 1 nitrogen and oxygen atoms in total. The van der Waals surface area contributed by atoms with Gasteiger partial charge in [0.25, 0.3) is 0 Å². The Labute approximate surface area is 117 Å². The lowest BCUT2D eigenvalue weighted by Crippen LogP contribution is -2.35. The van der Waals surface area contributed by atoms with Gasteiger partial charge in [-0.2, -0.15) is 0 Å². The topological polar surface area (TPSA) is 12.0 Å². The lowest BCUT2D eigenvalue weighted by molar-refractivity contribution is 0.257. The van der Waals surface area contributed by atoms with Crippen LogP contribution in [0.2, 0.25) is 0 Å². The fourth-order valence-corrected chi connectivity index (χ4v) is 3.13. The number of benzene rings is 1. The Bertz CT molecular complexity index is 417. The molecule has 1 fully saturated rings. The number of hydrogen-bond acceptors (Lipinski definition) is 1. The summed E-state index contributed by atoms with van der Waals surface area (Å²) in [6.07, 6.45) is 3.67. The van der Waals surface area contributed by atoms with Gasteiger partial charge in [0.15, 0.2) is 0 Å². The lowest BCUT2D eigenvalue weighted by atomic mass is 9.79. The molecule has 0 aromatic heterocycles. The summed E-state index contributed by atoms with van der Waals surface area (Å²) in [5.74, 6) is 0.638. The molecule has 1 saturated carbocycles. The fraction of sp³-hybridized carbons (Fsp3) is 0.600. The summed E-state index contributed by atoms with van der Waals surface area (Å²) in [4.78, 5) is 0. The van der Waals surface area contributed by atoms with Crippen LogP contribution in [0.5, 0.6) is 0 Å². The third-order valence-corrected chi connectivity index (χ3v) is 4.69. The molecule has 0 bridgehead atoms. The van der Waals surface area contributed by atoms with E-state index in [1.807, 2.05) is 6.07 Å². The summed E-state index contributed by atoms with van der Waals surface area (Å²) < 4.78 is 14.0. The van der Waals surface area contributed by atoms with Crippen molar-refractivity contribution in [1.82, 2.24) is 5.32 Å². The van der Waals surface area contributed by atoms with Gasteiger partial charge in [0, 0.05) is 11.0 Å². The van der Waals surface area contributed by atoms with Crippen LogP contribution >= 0.6 is 15.9 Å². The highest BCUT2D eigenvalue weighted by molar-refractivity contribution is 9.10. The van der Waals surface area contributed by atoms with E-state index in [1.54, 1.807) is 12.1 Å². The maximum Gasteiger partial charge on any atom is 0.124 e. The summed E-state index contributed by atoms with van der Waals surface area (Å²) in [7, 11) is 0. The third kappa shape index (κ3) is 3.33. The average Bonchev–Trinajstić information content (AvgIpc) is 3.15. The first kappa shape index (κ1) is 14.0. The largest absolute Gasteiger partial charge is 0.316 e. The molecule has 3 heteroatoms. The van der Waals surface area contributed by atoms with Crippen molar-refractivity contribution in [3.05, 3.63) is 34.1 Å². The molecule has 0 aliphatic heterocycles. The molecule has 1 aromatic carbocycles. The number of halogens is 2. The van der Waals surface area contributed by atoms with Crippen molar-refractivity contribution < 1.29 is 4.39 Å². The molecular weight excluding hydrogens is 293 g/mol. The normalized spacial score (nSPS) is 18.7. The van der Waals surface area contributed by atoms with Crippen molar-refractivity contribution in [2.75, 3.05) is 13.1 Å². The van der Waals surface area contributed by atoms with Crippen LogP contribution in [0, 0.1) is 17.2 Å². The second-order valence-electron chi connectivity index (χ2n) is 5.62. The van der Waals surface area contributed by atoms with Gasteiger partial charge >= 0.3 is 0 Å². The van der Waals surface area contributed by atoms with Crippen molar-refractivity contribution in [2.45, 2.75) is 33.1 Å². The van der Waals surface area contributed by atoms with Crippen LogP contribution in [0.1, 0.15) is 32.3 Å². The second-order valence-corrected chi connectivity index (χ2v) is 6.48. The number of hydrogen-bond donors (Lipinski definition) is 1. The minimum absolute atomic E-state index is 0.176. The van der Waals surface area contributed by atoms with Gasteiger partial charge in [-0.1, -0.05) is 35.8 Å². The Balaban J connectivity index is 2.12. The van der Waals surface area contributed by atoms with E-state index in [-0.39, 0.29) is 11.2 Å². The molecule has 18 heavy (non-hydrogen) atoms. The Morgan fingerprint density at radius 3 is 2.72 bits per heavy atom. The minimum atomic E-state index is -0.176. The molecule has 1 aliphatic carbocycles. The Morgan fingerprint density at radius 1 is 1.44 bits per heavy atom. The van der Waals surface area contributed by atoms with Crippen LogP contribution in [0.4, 0.5) is 4.39 Å². The summed E-state index contributed by atoms with van der Waals surface area (Å²) in [6, 6.07) is 5.03. The van der Waals surface area contributed by atoms with E-state index in [4.69, 9.17) is 0 Å². The van der Waals surface area contributed by atoms with E-state index >= 15 is 0 Å². The lowest BCUT2D eigenvalue weighted by Gasteiger charge is -2.30. The van der Waals surface area contributed by atoms with Crippen LogP contribution in [0.25, 0.3) is 0 Å². The molecule has 0 saturated heterocycles. The standard InChI is InChI=1S/C15H21BrFN/c1-3-18-10-15(2,12-5-6-12)9-11-4-7-13(17)8-14(11)16/h4,7-8,12,18H,3,5-6,9-10H2,1-2H3. The van der Waals surface area contributed by atoms with Crippen LogP contribution in [0.3, 0.4) is 0 Å². The molecule has 2 rings (SSSR count). The van der Waals surface area contributed by atoms with E-state index in [0.29, 0.717) is 0 Å². The maximum atomic E-state index is 13.1. The smallest absolute Gasteiger partial charge is 0.124 e. The van der Waals surface area contributed by atoms with Crippen LogP contribution in [-0.4, -0.2) is 13.1 Å². The minimum Gasteiger partial charge on any atom is -0.316 e. The number of nitrogens with one attached hydrogen (secondary N) is 1. The van der Waals surface area contributed by atoms with Crippen molar-refractivity contribution in [3.8, 4) is 0 Å². The molecule has 1 atom stereocenters. The molecule has 100 valence electrons. The average molecular weight is 314 g/mol. The second kappa shape index (κ2) is 5.70. The van der Waals surface area contributed by atoms with Crippen molar-refractivity contribution in [2.24, 2.45) is 11.3 Å². The first-order chi connectivity index (χ1) is 8.55. The first-order valence-electron chi connectivity index (χ1n) is 6.70. The van der Waals surface area contributed by atoms with E-state index in [1.165, 1.54) is 18.4 Å². The third-order valence-electron chi connectivity index (χ3n) is 3.95. The fourth-order valence-electron chi connectivity index (χ4n) is 2.64. The van der Waals surface area contributed by atoms with Crippen molar-refractivity contribution in [1.29, 1.82) is 0 Å². The molecular formula is C15H21BrFN. The Kier molecular flexibility index (Phi) is 4.44. The maximum absolute atomic E-state index is 13.1. The molecule has 0 radical (unpaired) electrons. The molecule has 1 aliphatic rings. The number of rotatable bonds is 6. The zero-order valence-corrected chi connectivity index (χ0v) is 12.7. The molecule has 1 unspecified atom stereocenters. The van der Waals surface area contributed by atoms with Gasteiger partial charge in [-0.3, -0.25) is 0 Å². The summed E-state index contributed by atoms with van der Waals surface area (Å²) in [5, 5.41) is 3.47. The molecule has 0 amide bonds. The van der Waals surface area contributed by atoms with Gasteiger partial charge in [0.05, 0.1) is 0 Å². The highest BCUT2D eigenvalue weighted by Crippen LogP contribution is 2.47. The predicted octanol–water partition coefficient (Wildman–Crippen LogP) is 4.16.